The lowest BCUT2D eigenvalue weighted by molar-refractivity contribution is 0.233. The molecule has 0 aliphatic rings. The predicted octanol–water partition coefficient (Wildman–Crippen LogP) is 3.35. The van der Waals surface area contributed by atoms with E-state index in [1.54, 1.807) is 24.6 Å². The third kappa shape index (κ3) is 4.21. The first-order valence-corrected chi connectivity index (χ1v) is 8.05. The molecule has 1 atom stereocenters. The number of carbonyl (C=O) groups is 1. The van der Waals surface area contributed by atoms with Crippen LogP contribution in [0.4, 0.5) is 4.79 Å². The van der Waals surface area contributed by atoms with Gasteiger partial charge in [-0.15, -0.1) is 11.3 Å². The topological polar surface area (TPSA) is 63.2 Å². The number of thiophene rings is 1. The molecule has 2 aromatic heterocycles. The number of rotatable bonds is 6. The fourth-order valence-corrected chi connectivity index (χ4v) is 3.09. The fourth-order valence-electron chi connectivity index (χ4n) is 2.14. The number of urea groups is 1. The SMILES string of the molecule is COc1ncccc1CNC(=O)N[C@@H](c1cccs1)C(C)C. The molecule has 0 radical (unpaired) electrons. The van der Waals surface area contributed by atoms with E-state index in [0.29, 0.717) is 18.3 Å². The summed E-state index contributed by atoms with van der Waals surface area (Å²) in [5.41, 5.74) is 0.845. The first kappa shape index (κ1) is 16.3. The Labute approximate surface area is 134 Å². The molecule has 22 heavy (non-hydrogen) atoms. The molecule has 0 aromatic carbocycles. The maximum Gasteiger partial charge on any atom is 0.315 e. The van der Waals surface area contributed by atoms with Crippen molar-refractivity contribution in [2.45, 2.75) is 26.4 Å². The van der Waals surface area contributed by atoms with Crippen molar-refractivity contribution >= 4 is 17.4 Å². The maximum atomic E-state index is 12.1. The molecule has 0 saturated carbocycles. The van der Waals surface area contributed by atoms with Crippen LogP contribution in [0.1, 0.15) is 30.3 Å². The second-order valence-electron chi connectivity index (χ2n) is 5.24. The zero-order valence-electron chi connectivity index (χ0n) is 13.0. The van der Waals surface area contributed by atoms with Gasteiger partial charge >= 0.3 is 6.03 Å². The van der Waals surface area contributed by atoms with E-state index in [1.807, 2.05) is 29.6 Å². The van der Waals surface area contributed by atoms with Crippen LogP contribution in [0.2, 0.25) is 0 Å². The lowest BCUT2D eigenvalue weighted by Gasteiger charge is -2.21. The third-order valence-corrected chi connectivity index (χ3v) is 4.24. The van der Waals surface area contributed by atoms with Gasteiger partial charge in [-0.2, -0.15) is 0 Å². The molecule has 0 fully saturated rings. The largest absolute Gasteiger partial charge is 0.481 e. The van der Waals surface area contributed by atoms with Crippen LogP contribution in [0.5, 0.6) is 5.88 Å². The van der Waals surface area contributed by atoms with Crippen molar-refractivity contribution in [3.05, 3.63) is 46.3 Å². The van der Waals surface area contributed by atoms with E-state index >= 15 is 0 Å². The highest BCUT2D eigenvalue weighted by atomic mass is 32.1. The molecule has 2 amide bonds. The highest BCUT2D eigenvalue weighted by Crippen LogP contribution is 2.25. The Hall–Kier alpha value is -2.08. The standard InChI is InChI=1S/C16H21N3O2S/c1-11(2)14(13-7-5-9-22-13)19-16(20)18-10-12-6-4-8-17-15(12)21-3/h4-9,11,14H,10H2,1-3H3,(H2,18,19,20)/t14-/m1/s1. The van der Waals surface area contributed by atoms with Gasteiger partial charge in [0.15, 0.2) is 0 Å². The summed E-state index contributed by atoms with van der Waals surface area (Å²) in [7, 11) is 1.57. The molecule has 0 aliphatic carbocycles. The Morgan fingerprint density at radius 1 is 1.36 bits per heavy atom. The molecular formula is C16H21N3O2S. The number of nitrogens with zero attached hydrogens (tertiary/aromatic N) is 1. The van der Waals surface area contributed by atoms with Crippen molar-refractivity contribution in [3.8, 4) is 5.88 Å². The van der Waals surface area contributed by atoms with Crippen molar-refractivity contribution in [2.75, 3.05) is 7.11 Å². The normalized spacial score (nSPS) is 12.0. The minimum Gasteiger partial charge on any atom is -0.481 e. The lowest BCUT2D eigenvalue weighted by atomic mass is 10.0. The second kappa shape index (κ2) is 7.79. The van der Waals surface area contributed by atoms with E-state index in [0.717, 1.165) is 10.4 Å². The van der Waals surface area contributed by atoms with E-state index in [9.17, 15) is 4.79 Å². The molecule has 2 aromatic rings. The van der Waals surface area contributed by atoms with Crippen LogP contribution >= 0.6 is 11.3 Å². The summed E-state index contributed by atoms with van der Waals surface area (Å²) in [6.45, 7) is 4.56. The second-order valence-corrected chi connectivity index (χ2v) is 6.22. The molecule has 5 nitrogen and oxygen atoms in total. The van der Waals surface area contributed by atoms with Crippen molar-refractivity contribution < 1.29 is 9.53 Å². The Morgan fingerprint density at radius 2 is 2.18 bits per heavy atom. The number of hydrogen-bond donors (Lipinski definition) is 2. The minimum atomic E-state index is -0.196. The summed E-state index contributed by atoms with van der Waals surface area (Å²) in [5, 5.41) is 7.90. The quantitative estimate of drug-likeness (QED) is 0.858. The van der Waals surface area contributed by atoms with E-state index < -0.39 is 0 Å². The summed E-state index contributed by atoms with van der Waals surface area (Å²) in [4.78, 5) is 17.4. The number of aromatic nitrogens is 1. The van der Waals surface area contributed by atoms with Crippen molar-refractivity contribution in [1.29, 1.82) is 0 Å². The zero-order valence-corrected chi connectivity index (χ0v) is 13.8. The van der Waals surface area contributed by atoms with E-state index in [2.05, 4.69) is 29.5 Å². The van der Waals surface area contributed by atoms with Crippen LogP contribution in [0.15, 0.2) is 35.8 Å². The molecule has 0 bridgehead atoms. The molecule has 2 rings (SSSR count). The number of nitrogens with one attached hydrogen (secondary N) is 2. The average molecular weight is 319 g/mol. The minimum absolute atomic E-state index is 0.00999. The molecule has 2 heterocycles. The average Bonchev–Trinajstić information content (AvgIpc) is 3.04. The third-order valence-electron chi connectivity index (χ3n) is 3.29. The van der Waals surface area contributed by atoms with Gasteiger partial charge in [-0.1, -0.05) is 26.0 Å². The summed E-state index contributed by atoms with van der Waals surface area (Å²) in [5.74, 6) is 0.846. The van der Waals surface area contributed by atoms with E-state index in [4.69, 9.17) is 4.74 Å². The Bertz CT molecular complexity index is 599. The van der Waals surface area contributed by atoms with Crippen LogP contribution in [0.3, 0.4) is 0 Å². The van der Waals surface area contributed by atoms with Crippen LogP contribution in [0, 0.1) is 5.92 Å². The van der Waals surface area contributed by atoms with Crippen molar-refractivity contribution in [3.63, 3.8) is 0 Å². The van der Waals surface area contributed by atoms with Gasteiger partial charge < -0.3 is 15.4 Å². The molecule has 118 valence electrons. The van der Waals surface area contributed by atoms with Crippen LogP contribution in [-0.2, 0) is 6.54 Å². The monoisotopic (exact) mass is 319 g/mol. The first-order chi connectivity index (χ1) is 10.6. The van der Waals surface area contributed by atoms with Gasteiger partial charge in [-0.25, -0.2) is 9.78 Å². The lowest BCUT2D eigenvalue weighted by Crippen LogP contribution is -2.39. The van der Waals surface area contributed by atoms with Gasteiger partial charge in [0, 0.05) is 23.2 Å². The number of ether oxygens (including phenoxy) is 1. The Balaban J connectivity index is 1.94. The van der Waals surface area contributed by atoms with Crippen LogP contribution < -0.4 is 15.4 Å². The van der Waals surface area contributed by atoms with E-state index in [-0.39, 0.29) is 12.1 Å². The summed E-state index contributed by atoms with van der Waals surface area (Å²) in [6.07, 6.45) is 1.66. The molecule has 0 aliphatic heterocycles. The van der Waals surface area contributed by atoms with Crippen LogP contribution in [-0.4, -0.2) is 18.1 Å². The number of amides is 2. The number of pyridine rings is 1. The molecule has 2 N–H and O–H groups in total. The first-order valence-electron chi connectivity index (χ1n) is 7.17. The van der Waals surface area contributed by atoms with Gasteiger partial charge in [0.1, 0.15) is 0 Å². The van der Waals surface area contributed by atoms with E-state index in [1.165, 1.54) is 0 Å². The van der Waals surface area contributed by atoms with Gasteiger partial charge in [0.2, 0.25) is 5.88 Å². The van der Waals surface area contributed by atoms with Crippen molar-refractivity contribution in [2.24, 2.45) is 5.92 Å². The molecule has 0 spiro atoms. The summed E-state index contributed by atoms with van der Waals surface area (Å²) < 4.78 is 5.17. The highest BCUT2D eigenvalue weighted by Gasteiger charge is 2.19. The smallest absolute Gasteiger partial charge is 0.315 e. The van der Waals surface area contributed by atoms with Crippen molar-refractivity contribution in [1.82, 2.24) is 15.6 Å². The highest BCUT2D eigenvalue weighted by molar-refractivity contribution is 7.10. The Kier molecular flexibility index (Phi) is 5.77. The van der Waals surface area contributed by atoms with Crippen LogP contribution in [0.25, 0.3) is 0 Å². The fraction of sp³-hybridized carbons (Fsp3) is 0.375. The Morgan fingerprint density at radius 3 is 2.82 bits per heavy atom. The summed E-state index contributed by atoms with van der Waals surface area (Å²) in [6, 6.07) is 7.55. The van der Waals surface area contributed by atoms with Gasteiger partial charge in [0.05, 0.1) is 13.2 Å². The molecule has 0 unspecified atom stereocenters. The molecule has 6 heteroatoms. The summed E-state index contributed by atoms with van der Waals surface area (Å²) >= 11 is 1.65. The number of methoxy groups -OCH3 is 1. The van der Waals surface area contributed by atoms with Gasteiger partial charge in [-0.3, -0.25) is 0 Å². The predicted molar refractivity (Wildman–Crippen MR) is 88.1 cm³/mol. The number of hydrogen-bond acceptors (Lipinski definition) is 4. The number of carbonyl (C=O) groups excluding carboxylic acids is 1. The van der Waals surface area contributed by atoms with Gasteiger partial charge in [-0.05, 0) is 23.4 Å². The molecular weight excluding hydrogens is 298 g/mol. The molecule has 0 saturated heterocycles. The zero-order chi connectivity index (χ0) is 15.9. The van der Waals surface area contributed by atoms with Gasteiger partial charge in [0.25, 0.3) is 0 Å². The maximum absolute atomic E-state index is 12.1.